The van der Waals surface area contributed by atoms with Crippen LogP contribution in [0.1, 0.15) is 31.2 Å². The Hall–Kier alpha value is -1.45. The second-order valence-electron chi connectivity index (χ2n) is 5.23. The van der Waals surface area contributed by atoms with Crippen molar-refractivity contribution in [3.63, 3.8) is 0 Å². The second kappa shape index (κ2) is 7.01. The van der Waals surface area contributed by atoms with Crippen molar-refractivity contribution in [2.75, 3.05) is 37.1 Å². The van der Waals surface area contributed by atoms with Crippen LogP contribution in [0.4, 0.5) is 11.6 Å². The normalized spacial score (nSPS) is 12.0. The van der Waals surface area contributed by atoms with Crippen LogP contribution in [0, 0.1) is 6.92 Å². The van der Waals surface area contributed by atoms with E-state index in [1.54, 1.807) is 0 Å². The molecule has 1 aromatic rings. The van der Waals surface area contributed by atoms with Gasteiger partial charge in [-0.05, 0) is 6.92 Å². The predicted molar refractivity (Wildman–Crippen MR) is 84.6 cm³/mol. The molecule has 120 valence electrons. The van der Waals surface area contributed by atoms with E-state index >= 15 is 0 Å². The minimum absolute atomic E-state index is 0.00809. The molecule has 0 amide bonds. The molecule has 0 saturated heterocycles. The van der Waals surface area contributed by atoms with Crippen LogP contribution in [-0.2, 0) is 10.0 Å². The molecule has 1 rings (SSSR count). The highest BCUT2D eigenvalue weighted by Crippen LogP contribution is 2.22. The van der Waals surface area contributed by atoms with Gasteiger partial charge in [0.2, 0.25) is 10.0 Å². The summed E-state index contributed by atoms with van der Waals surface area (Å²) in [5.41, 5.74) is 3.29. The van der Waals surface area contributed by atoms with Crippen molar-refractivity contribution in [3.05, 3.63) is 11.4 Å². The van der Waals surface area contributed by atoms with Crippen molar-refractivity contribution in [3.8, 4) is 0 Å². The molecule has 0 bridgehead atoms. The molecule has 1 heterocycles. The number of nitrogens with one attached hydrogen (secondary N) is 2. The summed E-state index contributed by atoms with van der Waals surface area (Å²) >= 11 is 0. The molecule has 0 radical (unpaired) electrons. The summed E-state index contributed by atoms with van der Waals surface area (Å²) in [6.07, 6.45) is 0. The standard InChI is InChI=1S/C12H24N6O2S/c1-8(2)10-15-11(9(3)12(16-10)17-13)14-6-7-21(19,20)18(4)5/h8H,6-7,13H2,1-5H3,(H2,14,15,16,17). The molecule has 0 fully saturated rings. The maximum Gasteiger partial charge on any atom is 0.215 e. The molecular weight excluding hydrogens is 292 g/mol. The summed E-state index contributed by atoms with van der Waals surface area (Å²) in [4.78, 5) is 8.74. The largest absolute Gasteiger partial charge is 0.369 e. The molecule has 1 aromatic heterocycles. The number of nitrogens with zero attached hydrogens (tertiary/aromatic N) is 3. The lowest BCUT2D eigenvalue weighted by atomic mass is 10.2. The number of sulfonamides is 1. The lowest BCUT2D eigenvalue weighted by Crippen LogP contribution is -2.29. The first-order valence-electron chi connectivity index (χ1n) is 6.68. The molecule has 21 heavy (non-hydrogen) atoms. The highest BCUT2D eigenvalue weighted by atomic mass is 32.2. The van der Waals surface area contributed by atoms with Gasteiger partial charge in [0.25, 0.3) is 0 Å². The van der Waals surface area contributed by atoms with Gasteiger partial charge < -0.3 is 10.7 Å². The second-order valence-corrected chi connectivity index (χ2v) is 7.53. The van der Waals surface area contributed by atoms with Gasteiger partial charge in [0.1, 0.15) is 17.5 Å². The van der Waals surface area contributed by atoms with Crippen LogP contribution in [0.3, 0.4) is 0 Å². The third kappa shape index (κ3) is 4.51. The van der Waals surface area contributed by atoms with Gasteiger partial charge in [-0.3, -0.25) is 0 Å². The Morgan fingerprint density at radius 2 is 1.81 bits per heavy atom. The Morgan fingerprint density at radius 1 is 1.24 bits per heavy atom. The van der Waals surface area contributed by atoms with Gasteiger partial charge in [0, 0.05) is 32.1 Å². The van der Waals surface area contributed by atoms with Gasteiger partial charge in [-0.2, -0.15) is 0 Å². The molecule has 0 unspecified atom stereocenters. The molecule has 9 heteroatoms. The van der Waals surface area contributed by atoms with E-state index in [1.807, 2.05) is 20.8 Å². The van der Waals surface area contributed by atoms with E-state index in [-0.39, 0.29) is 18.2 Å². The first kappa shape index (κ1) is 17.6. The zero-order chi connectivity index (χ0) is 16.2. The molecule has 0 aromatic carbocycles. The van der Waals surface area contributed by atoms with Crippen LogP contribution in [0.25, 0.3) is 0 Å². The third-order valence-corrected chi connectivity index (χ3v) is 4.86. The van der Waals surface area contributed by atoms with Crippen molar-refractivity contribution in [1.82, 2.24) is 14.3 Å². The van der Waals surface area contributed by atoms with E-state index in [2.05, 4.69) is 20.7 Å². The van der Waals surface area contributed by atoms with E-state index in [4.69, 9.17) is 5.84 Å². The first-order valence-corrected chi connectivity index (χ1v) is 8.29. The van der Waals surface area contributed by atoms with Gasteiger partial charge in [-0.15, -0.1) is 0 Å². The Morgan fingerprint density at radius 3 is 2.29 bits per heavy atom. The van der Waals surface area contributed by atoms with E-state index in [0.717, 1.165) is 5.56 Å². The summed E-state index contributed by atoms with van der Waals surface area (Å²) in [7, 11) is -0.211. The number of nitrogen functional groups attached to an aromatic ring is 1. The van der Waals surface area contributed by atoms with Crippen molar-refractivity contribution >= 4 is 21.7 Å². The summed E-state index contributed by atoms with van der Waals surface area (Å²) < 4.78 is 24.7. The lowest BCUT2D eigenvalue weighted by Gasteiger charge is -2.16. The van der Waals surface area contributed by atoms with Crippen LogP contribution in [-0.4, -0.2) is 49.1 Å². The minimum atomic E-state index is -3.24. The van der Waals surface area contributed by atoms with Crippen LogP contribution < -0.4 is 16.6 Å². The molecule has 0 aliphatic heterocycles. The monoisotopic (exact) mass is 316 g/mol. The van der Waals surface area contributed by atoms with Gasteiger partial charge in [-0.25, -0.2) is 28.5 Å². The Bertz CT molecular complexity index is 586. The molecule has 0 aliphatic carbocycles. The Balaban J connectivity index is 2.90. The quantitative estimate of drug-likeness (QED) is 0.496. The third-order valence-electron chi connectivity index (χ3n) is 3.03. The maximum atomic E-state index is 11.7. The van der Waals surface area contributed by atoms with Crippen molar-refractivity contribution in [2.24, 2.45) is 5.84 Å². The zero-order valence-corrected chi connectivity index (χ0v) is 14.0. The van der Waals surface area contributed by atoms with Crippen molar-refractivity contribution < 1.29 is 8.42 Å². The van der Waals surface area contributed by atoms with Crippen LogP contribution >= 0.6 is 0 Å². The highest BCUT2D eigenvalue weighted by Gasteiger charge is 2.15. The summed E-state index contributed by atoms with van der Waals surface area (Å²) in [6, 6.07) is 0. The number of rotatable bonds is 7. The molecule has 4 N–H and O–H groups in total. The number of hydrazine groups is 1. The summed E-state index contributed by atoms with van der Waals surface area (Å²) in [5, 5.41) is 3.04. The van der Waals surface area contributed by atoms with Gasteiger partial charge in [0.05, 0.1) is 5.75 Å². The van der Waals surface area contributed by atoms with E-state index in [0.29, 0.717) is 17.5 Å². The number of hydrogen-bond donors (Lipinski definition) is 3. The van der Waals surface area contributed by atoms with Crippen LogP contribution in [0.5, 0.6) is 0 Å². The smallest absolute Gasteiger partial charge is 0.215 e. The average molecular weight is 316 g/mol. The minimum Gasteiger partial charge on any atom is -0.369 e. The Kier molecular flexibility index (Phi) is 5.87. The lowest BCUT2D eigenvalue weighted by molar-refractivity contribution is 0.521. The maximum absolute atomic E-state index is 11.7. The topological polar surface area (TPSA) is 113 Å². The highest BCUT2D eigenvalue weighted by molar-refractivity contribution is 7.89. The molecule has 8 nitrogen and oxygen atoms in total. The first-order chi connectivity index (χ1) is 9.69. The van der Waals surface area contributed by atoms with E-state index < -0.39 is 10.0 Å². The van der Waals surface area contributed by atoms with Crippen LogP contribution in [0.2, 0.25) is 0 Å². The fourth-order valence-corrected chi connectivity index (χ4v) is 2.31. The van der Waals surface area contributed by atoms with E-state index in [1.165, 1.54) is 18.4 Å². The molecule has 0 spiro atoms. The SMILES string of the molecule is Cc1c(NN)nc(C(C)C)nc1NCCS(=O)(=O)N(C)C. The Labute approximate surface area is 126 Å². The van der Waals surface area contributed by atoms with Crippen LogP contribution in [0.15, 0.2) is 0 Å². The van der Waals surface area contributed by atoms with E-state index in [9.17, 15) is 8.42 Å². The summed E-state index contributed by atoms with van der Waals surface area (Å²) in [6.45, 7) is 6.04. The molecule has 0 aliphatic rings. The molecule has 0 atom stereocenters. The number of nitrogens with two attached hydrogens (primary N) is 1. The summed E-state index contributed by atoms with van der Waals surface area (Å²) in [5.74, 6) is 7.36. The zero-order valence-electron chi connectivity index (χ0n) is 13.1. The molecule has 0 saturated carbocycles. The van der Waals surface area contributed by atoms with Crippen molar-refractivity contribution in [1.29, 1.82) is 0 Å². The fourth-order valence-electron chi connectivity index (χ4n) is 1.59. The number of hydrogen-bond acceptors (Lipinski definition) is 7. The predicted octanol–water partition coefficient (Wildman–Crippen LogP) is 0.497. The van der Waals surface area contributed by atoms with Gasteiger partial charge in [-0.1, -0.05) is 13.8 Å². The van der Waals surface area contributed by atoms with Crippen molar-refractivity contribution in [2.45, 2.75) is 26.7 Å². The number of aromatic nitrogens is 2. The molecular formula is C12H24N6O2S. The fraction of sp³-hybridized carbons (Fsp3) is 0.667. The average Bonchev–Trinajstić information content (AvgIpc) is 2.40. The number of anilines is 2. The van der Waals surface area contributed by atoms with Gasteiger partial charge >= 0.3 is 0 Å². The van der Waals surface area contributed by atoms with Gasteiger partial charge in [0.15, 0.2) is 0 Å².